The first kappa shape index (κ1) is 16.6. The second-order valence-corrected chi connectivity index (χ2v) is 6.74. The van der Waals surface area contributed by atoms with Crippen molar-refractivity contribution in [3.63, 3.8) is 0 Å². The van der Waals surface area contributed by atoms with Gasteiger partial charge >= 0.3 is 5.97 Å². The van der Waals surface area contributed by atoms with E-state index in [1.807, 2.05) is 19.2 Å². The van der Waals surface area contributed by atoms with Crippen molar-refractivity contribution in [2.45, 2.75) is 44.6 Å². The van der Waals surface area contributed by atoms with Gasteiger partial charge in [0.25, 0.3) is 0 Å². The Bertz CT molecular complexity index is 742. The lowest BCUT2D eigenvalue weighted by Crippen LogP contribution is -2.38. The zero-order valence-corrected chi connectivity index (χ0v) is 14.0. The number of carboxylic acids is 1. The van der Waals surface area contributed by atoms with Crippen LogP contribution in [-0.4, -0.2) is 27.6 Å². The minimum Gasteiger partial charge on any atom is -0.481 e. The standard InChI is InChI=1S/C19H24N2O3/c1-21-12-14(16-4-2-3-5-17(16)21)8-11-18(22)20-15-9-6-13(7-10-15)19(23)24/h2-5,12-13,15H,6-11H2,1H3,(H,20,22)(H,23,24). The maximum Gasteiger partial charge on any atom is 0.306 e. The molecule has 2 N–H and O–H groups in total. The highest BCUT2D eigenvalue weighted by atomic mass is 16.4. The van der Waals surface area contributed by atoms with Crippen molar-refractivity contribution in [2.24, 2.45) is 13.0 Å². The van der Waals surface area contributed by atoms with Gasteiger partial charge in [-0.2, -0.15) is 0 Å². The third-order valence-corrected chi connectivity index (χ3v) is 5.04. The molecule has 5 heteroatoms. The van der Waals surface area contributed by atoms with Gasteiger partial charge in [-0.25, -0.2) is 0 Å². The molecule has 0 aliphatic heterocycles. The highest BCUT2D eigenvalue weighted by molar-refractivity contribution is 5.85. The van der Waals surface area contributed by atoms with E-state index in [1.54, 1.807) is 0 Å². The predicted molar refractivity (Wildman–Crippen MR) is 92.8 cm³/mol. The highest BCUT2D eigenvalue weighted by Crippen LogP contribution is 2.25. The first-order chi connectivity index (χ1) is 11.5. The zero-order valence-electron chi connectivity index (χ0n) is 14.0. The molecule has 5 nitrogen and oxygen atoms in total. The average molecular weight is 328 g/mol. The summed E-state index contributed by atoms with van der Waals surface area (Å²) in [4.78, 5) is 23.2. The predicted octanol–water partition coefficient (Wildman–Crippen LogP) is 2.87. The summed E-state index contributed by atoms with van der Waals surface area (Å²) in [5.74, 6) is -0.897. The van der Waals surface area contributed by atoms with Gasteiger partial charge in [0, 0.05) is 36.6 Å². The number of fused-ring (bicyclic) bond motifs is 1. The lowest BCUT2D eigenvalue weighted by molar-refractivity contribution is -0.142. The van der Waals surface area contributed by atoms with Crippen molar-refractivity contribution in [3.8, 4) is 0 Å². The third-order valence-electron chi connectivity index (χ3n) is 5.04. The summed E-state index contributed by atoms with van der Waals surface area (Å²) in [6.07, 6.45) is 6.11. The third kappa shape index (κ3) is 3.61. The van der Waals surface area contributed by atoms with E-state index in [2.05, 4.69) is 28.2 Å². The summed E-state index contributed by atoms with van der Waals surface area (Å²) < 4.78 is 2.09. The Morgan fingerprint density at radius 1 is 1.21 bits per heavy atom. The van der Waals surface area contributed by atoms with Crippen molar-refractivity contribution in [3.05, 3.63) is 36.0 Å². The molecule has 1 aromatic heterocycles. The molecule has 24 heavy (non-hydrogen) atoms. The molecule has 3 rings (SSSR count). The molecule has 1 aliphatic rings. The average Bonchev–Trinajstić information content (AvgIpc) is 2.90. The van der Waals surface area contributed by atoms with E-state index in [4.69, 9.17) is 5.11 Å². The number of hydrogen-bond donors (Lipinski definition) is 2. The Labute approximate surface area is 141 Å². The molecule has 1 saturated carbocycles. The molecule has 0 unspecified atom stereocenters. The molecule has 0 bridgehead atoms. The maximum atomic E-state index is 12.2. The zero-order chi connectivity index (χ0) is 17.1. The van der Waals surface area contributed by atoms with E-state index < -0.39 is 5.97 Å². The van der Waals surface area contributed by atoms with E-state index in [-0.39, 0.29) is 17.9 Å². The molecule has 0 radical (unpaired) electrons. The maximum absolute atomic E-state index is 12.2. The Balaban J connectivity index is 1.52. The normalized spacial score (nSPS) is 20.9. The molecular formula is C19H24N2O3. The van der Waals surface area contributed by atoms with E-state index in [0.29, 0.717) is 19.3 Å². The van der Waals surface area contributed by atoms with Gasteiger partial charge in [-0.05, 0) is 43.7 Å². The van der Waals surface area contributed by atoms with Crippen LogP contribution in [0.4, 0.5) is 0 Å². The fourth-order valence-electron chi connectivity index (χ4n) is 3.66. The number of aromatic nitrogens is 1. The van der Waals surface area contributed by atoms with Crippen molar-refractivity contribution < 1.29 is 14.7 Å². The topological polar surface area (TPSA) is 71.3 Å². The van der Waals surface area contributed by atoms with Gasteiger partial charge in [0.15, 0.2) is 0 Å². The van der Waals surface area contributed by atoms with Gasteiger partial charge in [-0.3, -0.25) is 9.59 Å². The summed E-state index contributed by atoms with van der Waals surface area (Å²) in [5, 5.41) is 13.3. The van der Waals surface area contributed by atoms with Crippen molar-refractivity contribution >= 4 is 22.8 Å². The Hall–Kier alpha value is -2.30. The fourth-order valence-corrected chi connectivity index (χ4v) is 3.66. The lowest BCUT2D eigenvalue weighted by atomic mass is 9.86. The van der Waals surface area contributed by atoms with E-state index in [9.17, 15) is 9.59 Å². The molecule has 1 aliphatic carbocycles. The van der Waals surface area contributed by atoms with E-state index >= 15 is 0 Å². The summed E-state index contributed by atoms with van der Waals surface area (Å²) in [5.41, 5.74) is 2.37. The molecule has 128 valence electrons. The SMILES string of the molecule is Cn1cc(CCC(=O)NC2CCC(C(=O)O)CC2)c2ccccc21. The molecule has 0 saturated heterocycles. The molecule has 0 spiro atoms. The lowest BCUT2D eigenvalue weighted by Gasteiger charge is -2.26. The highest BCUT2D eigenvalue weighted by Gasteiger charge is 2.26. The smallest absolute Gasteiger partial charge is 0.306 e. The number of carbonyl (C=O) groups excluding carboxylic acids is 1. The van der Waals surface area contributed by atoms with Gasteiger partial charge < -0.3 is 15.0 Å². The number of carboxylic acid groups (broad SMARTS) is 1. The van der Waals surface area contributed by atoms with Gasteiger partial charge in [0.2, 0.25) is 5.91 Å². The first-order valence-electron chi connectivity index (χ1n) is 8.59. The molecule has 2 aromatic rings. The van der Waals surface area contributed by atoms with Crippen LogP contribution < -0.4 is 5.32 Å². The number of nitrogens with one attached hydrogen (secondary N) is 1. The van der Waals surface area contributed by atoms with Crippen molar-refractivity contribution in [1.82, 2.24) is 9.88 Å². The number of amides is 1. The molecular weight excluding hydrogens is 304 g/mol. The summed E-state index contributed by atoms with van der Waals surface area (Å²) in [6.45, 7) is 0. The number of aliphatic carboxylic acids is 1. The van der Waals surface area contributed by atoms with Gasteiger partial charge in [-0.15, -0.1) is 0 Å². The van der Waals surface area contributed by atoms with E-state index in [1.165, 1.54) is 16.5 Å². The van der Waals surface area contributed by atoms with Crippen molar-refractivity contribution in [1.29, 1.82) is 0 Å². The molecule has 0 atom stereocenters. The number of para-hydroxylation sites is 1. The number of benzene rings is 1. The molecule has 1 aromatic carbocycles. The number of aryl methyl sites for hydroxylation is 2. The molecule has 1 fully saturated rings. The summed E-state index contributed by atoms with van der Waals surface area (Å²) in [7, 11) is 2.02. The fraction of sp³-hybridized carbons (Fsp3) is 0.474. The minimum absolute atomic E-state index is 0.0571. The van der Waals surface area contributed by atoms with Crippen LogP contribution in [0.5, 0.6) is 0 Å². The van der Waals surface area contributed by atoms with Gasteiger partial charge in [0.1, 0.15) is 0 Å². The Kier molecular flexibility index (Phi) is 4.88. The minimum atomic E-state index is -0.712. The monoisotopic (exact) mass is 328 g/mol. The van der Waals surface area contributed by atoms with Crippen LogP contribution in [0.3, 0.4) is 0 Å². The van der Waals surface area contributed by atoms with Crippen LogP contribution in [-0.2, 0) is 23.1 Å². The van der Waals surface area contributed by atoms with Crippen molar-refractivity contribution in [2.75, 3.05) is 0 Å². The Morgan fingerprint density at radius 2 is 1.92 bits per heavy atom. The molecule has 1 heterocycles. The first-order valence-corrected chi connectivity index (χ1v) is 8.59. The van der Waals surface area contributed by atoms with E-state index in [0.717, 1.165) is 19.3 Å². The van der Waals surface area contributed by atoms with Gasteiger partial charge in [0.05, 0.1) is 5.92 Å². The van der Waals surface area contributed by atoms with Gasteiger partial charge in [-0.1, -0.05) is 18.2 Å². The number of carbonyl (C=O) groups is 2. The summed E-state index contributed by atoms with van der Waals surface area (Å²) in [6, 6.07) is 8.34. The number of hydrogen-bond acceptors (Lipinski definition) is 2. The quantitative estimate of drug-likeness (QED) is 0.886. The molecule has 1 amide bonds. The largest absolute Gasteiger partial charge is 0.481 e. The Morgan fingerprint density at radius 3 is 2.62 bits per heavy atom. The summed E-state index contributed by atoms with van der Waals surface area (Å²) >= 11 is 0. The van der Waals surface area contributed by atoms with Crippen LogP contribution >= 0.6 is 0 Å². The van der Waals surface area contributed by atoms with Crippen LogP contribution in [0.1, 0.15) is 37.7 Å². The van der Waals surface area contributed by atoms with Crippen LogP contribution in [0.2, 0.25) is 0 Å². The number of nitrogens with zero attached hydrogens (tertiary/aromatic N) is 1. The van der Waals surface area contributed by atoms with Crippen LogP contribution in [0.15, 0.2) is 30.5 Å². The second-order valence-electron chi connectivity index (χ2n) is 6.74. The number of rotatable bonds is 5. The van der Waals surface area contributed by atoms with Crippen LogP contribution in [0, 0.1) is 5.92 Å². The van der Waals surface area contributed by atoms with Crippen LogP contribution in [0.25, 0.3) is 10.9 Å². The second kappa shape index (κ2) is 7.07.